The maximum atomic E-state index is 13.8. The van der Waals surface area contributed by atoms with E-state index in [9.17, 15) is 59.7 Å². The van der Waals surface area contributed by atoms with Crippen LogP contribution in [0.3, 0.4) is 0 Å². The number of carboxylic acid groups (broad SMARTS) is 1. The van der Waals surface area contributed by atoms with Crippen LogP contribution in [0.1, 0.15) is 38.8 Å². The largest absolute Gasteiger partial charge is 0.508 e. The highest BCUT2D eigenvalue weighted by atomic mass is 16.4. The van der Waals surface area contributed by atoms with Gasteiger partial charge in [0.2, 0.25) is 0 Å². The lowest BCUT2D eigenvalue weighted by atomic mass is 9.63. The van der Waals surface area contributed by atoms with E-state index in [1.807, 2.05) is 0 Å². The summed E-state index contributed by atoms with van der Waals surface area (Å²) in [5.74, 6) is -13.4. The van der Waals surface area contributed by atoms with Crippen LogP contribution in [-0.4, -0.2) is 64.8 Å². The van der Waals surface area contributed by atoms with E-state index in [0.29, 0.717) is 11.1 Å². The van der Waals surface area contributed by atoms with Gasteiger partial charge in [-0.3, -0.25) is 24.0 Å². The molecule has 0 aliphatic heterocycles. The van der Waals surface area contributed by atoms with Crippen LogP contribution < -0.4 is 0 Å². The smallest absolute Gasteiger partial charge is 0.316 e. The van der Waals surface area contributed by atoms with Crippen LogP contribution in [0.15, 0.2) is 106 Å². The van der Waals surface area contributed by atoms with Crippen molar-refractivity contribution in [2.45, 2.75) is 27.7 Å². The van der Waals surface area contributed by atoms with Gasteiger partial charge in [-0.2, -0.15) is 0 Å². The first-order valence-corrected chi connectivity index (χ1v) is 14.4. The molecule has 0 unspecified atom stereocenters. The Morgan fingerprint density at radius 3 is 1.17 bits per heavy atom. The average molecular weight is 657 g/mol. The number of allylic oxidation sites excluding steroid dienone is 4. The molecule has 0 aromatic heterocycles. The molecule has 4 rings (SSSR count). The molecule has 0 radical (unpaired) electrons. The Labute approximate surface area is 273 Å². The van der Waals surface area contributed by atoms with Crippen molar-refractivity contribution in [3.63, 3.8) is 0 Å². The van der Waals surface area contributed by atoms with Crippen molar-refractivity contribution in [3.8, 4) is 11.5 Å². The number of hydrogen-bond acceptors (Lipinski definition) is 11. The van der Waals surface area contributed by atoms with Gasteiger partial charge in [0.05, 0.1) is 22.0 Å². The number of aliphatic hydroxyl groups is 4. The topological polar surface area (TPSA) is 227 Å². The Bertz CT molecular complexity index is 1810. The number of Topliss-reactive ketones (excluding diaryl/α,β-unsaturated/α-hetero) is 4. The highest BCUT2D eigenvalue weighted by Gasteiger charge is 2.56. The standard InChI is InChI=1S/C36H32O12/c1-35(2)30(43)23(21(39)15-9-17-5-11-19(37)12-6-17)28(41)26(32(35)45)25(34(47)48)27-29(42)24(31(44)36(3,4)33(27)46)22(40)16-10-18-7-13-20(38)14-8-18/h5-16,25,37-42H,1-4H3,(H,47,48)/b15-9+,16-10+,23-21+,24-22+. The Morgan fingerprint density at radius 2 is 0.875 bits per heavy atom. The molecule has 0 saturated carbocycles. The molecule has 0 atom stereocenters. The number of carboxylic acids is 1. The van der Waals surface area contributed by atoms with Crippen molar-refractivity contribution in [3.05, 3.63) is 117 Å². The highest BCUT2D eigenvalue weighted by molar-refractivity contribution is 6.29. The van der Waals surface area contributed by atoms with Crippen molar-refractivity contribution in [2.75, 3.05) is 0 Å². The summed E-state index contributed by atoms with van der Waals surface area (Å²) in [6, 6.07) is 11.3. The van der Waals surface area contributed by atoms with E-state index in [4.69, 9.17) is 0 Å². The summed E-state index contributed by atoms with van der Waals surface area (Å²) < 4.78 is 0. The van der Waals surface area contributed by atoms with E-state index in [0.717, 1.165) is 39.8 Å². The molecule has 0 heterocycles. The summed E-state index contributed by atoms with van der Waals surface area (Å²) >= 11 is 0. The normalized spacial score (nSPS) is 20.4. The Kier molecular flexibility index (Phi) is 9.08. The zero-order valence-corrected chi connectivity index (χ0v) is 26.2. The molecule has 0 fully saturated rings. The second-order valence-electron chi connectivity index (χ2n) is 12.2. The van der Waals surface area contributed by atoms with Crippen molar-refractivity contribution < 1.29 is 59.7 Å². The monoisotopic (exact) mass is 656 g/mol. The van der Waals surface area contributed by atoms with Crippen molar-refractivity contribution in [1.29, 1.82) is 0 Å². The predicted octanol–water partition coefficient (Wildman–Crippen LogP) is 5.13. The lowest BCUT2D eigenvalue weighted by Gasteiger charge is -2.36. The lowest BCUT2D eigenvalue weighted by molar-refractivity contribution is -0.144. The molecule has 0 saturated heterocycles. The van der Waals surface area contributed by atoms with E-state index >= 15 is 0 Å². The number of benzene rings is 2. The van der Waals surface area contributed by atoms with Crippen molar-refractivity contribution >= 4 is 41.3 Å². The van der Waals surface area contributed by atoms with Gasteiger partial charge < -0.3 is 35.7 Å². The zero-order chi connectivity index (χ0) is 35.9. The molecule has 0 bridgehead atoms. The SMILES string of the molecule is CC1(C)C(=O)C(C(C(=O)O)C2=C(O)/C(=C(O)/C=C/c3ccc(O)cc3)C(=O)C(C)(C)C2=O)=C(O)/C(=C(O)/C=C/c2ccc(O)cc2)C1=O. The molecule has 12 nitrogen and oxygen atoms in total. The summed E-state index contributed by atoms with van der Waals surface area (Å²) in [7, 11) is 0. The van der Waals surface area contributed by atoms with E-state index in [-0.39, 0.29) is 11.5 Å². The second kappa shape index (κ2) is 12.6. The number of phenols is 2. The minimum absolute atomic E-state index is 0.0400. The molecular formula is C36H32O12. The summed E-state index contributed by atoms with van der Waals surface area (Å²) in [4.78, 5) is 67.3. The van der Waals surface area contributed by atoms with Crippen LogP contribution in [0.2, 0.25) is 0 Å². The number of aliphatic carboxylic acids is 1. The fourth-order valence-electron chi connectivity index (χ4n) is 5.29. The predicted molar refractivity (Wildman–Crippen MR) is 172 cm³/mol. The van der Waals surface area contributed by atoms with Gasteiger partial charge in [0.1, 0.15) is 51.6 Å². The van der Waals surface area contributed by atoms with E-state index in [1.165, 1.54) is 60.7 Å². The first-order valence-electron chi connectivity index (χ1n) is 14.4. The molecule has 2 aromatic carbocycles. The van der Waals surface area contributed by atoms with E-state index in [2.05, 4.69) is 0 Å². The van der Waals surface area contributed by atoms with Gasteiger partial charge in [0.25, 0.3) is 0 Å². The first kappa shape index (κ1) is 34.7. The van der Waals surface area contributed by atoms with Gasteiger partial charge in [-0.15, -0.1) is 0 Å². The Hall–Kier alpha value is -6.17. The Morgan fingerprint density at radius 1 is 0.562 bits per heavy atom. The molecular weight excluding hydrogens is 624 g/mol. The number of ketones is 4. The molecule has 7 N–H and O–H groups in total. The van der Waals surface area contributed by atoms with E-state index < -0.39 is 91.2 Å². The van der Waals surface area contributed by atoms with Gasteiger partial charge in [-0.05, 0) is 75.2 Å². The molecule has 2 aliphatic carbocycles. The molecule has 0 amide bonds. The van der Waals surface area contributed by atoms with Gasteiger partial charge in [0.15, 0.2) is 23.1 Å². The summed E-state index contributed by atoms with van der Waals surface area (Å²) in [5.41, 5.74) is -7.01. The fourth-order valence-corrected chi connectivity index (χ4v) is 5.29. The van der Waals surface area contributed by atoms with Crippen LogP contribution in [-0.2, 0) is 24.0 Å². The number of carbonyl (C=O) groups excluding carboxylic acids is 4. The van der Waals surface area contributed by atoms with Crippen LogP contribution in [0.4, 0.5) is 0 Å². The van der Waals surface area contributed by atoms with Crippen LogP contribution in [0.25, 0.3) is 12.2 Å². The van der Waals surface area contributed by atoms with Crippen LogP contribution in [0, 0.1) is 16.7 Å². The average Bonchev–Trinajstić information content (AvgIpc) is 3.02. The summed E-state index contributed by atoms with van der Waals surface area (Å²) in [5, 5.41) is 74.0. The molecule has 0 spiro atoms. The van der Waals surface area contributed by atoms with Crippen LogP contribution in [0.5, 0.6) is 11.5 Å². The Balaban J connectivity index is 1.98. The van der Waals surface area contributed by atoms with Gasteiger partial charge in [-0.25, -0.2) is 0 Å². The minimum Gasteiger partial charge on any atom is -0.508 e. The number of phenolic OH excluding ortho intramolecular Hbond substituents is 2. The third-order valence-corrected chi connectivity index (χ3v) is 8.19. The maximum absolute atomic E-state index is 13.8. The van der Waals surface area contributed by atoms with E-state index in [1.54, 1.807) is 0 Å². The van der Waals surface area contributed by atoms with Crippen molar-refractivity contribution in [1.82, 2.24) is 0 Å². The number of hydrogen-bond donors (Lipinski definition) is 7. The summed E-state index contributed by atoms with van der Waals surface area (Å²) in [6.45, 7) is 4.48. The molecule has 12 heteroatoms. The molecule has 2 aliphatic rings. The fraction of sp³-hybridized carbons (Fsp3) is 0.194. The zero-order valence-electron chi connectivity index (χ0n) is 26.2. The number of aromatic hydroxyl groups is 2. The van der Waals surface area contributed by atoms with Gasteiger partial charge in [-0.1, -0.05) is 36.4 Å². The quantitative estimate of drug-likeness (QED) is 0.117. The number of rotatable bonds is 7. The number of carbonyl (C=O) groups is 5. The van der Waals surface area contributed by atoms with Gasteiger partial charge >= 0.3 is 5.97 Å². The summed E-state index contributed by atoms with van der Waals surface area (Å²) in [6.07, 6.45) is 4.61. The third-order valence-electron chi connectivity index (χ3n) is 8.19. The molecule has 48 heavy (non-hydrogen) atoms. The van der Waals surface area contributed by atoms with Gasteiger partial charge in [0, 0.05) is 0 Å². The first-order chi connectivity index (χ1) is 22.3. The minimum atomic E-state index is -2.47. The third kappa shape index (κ3) is 6.03. The second-order valence-corrected chi connectivity index (χ2v) is 12.2. The van der Waals surface area contributed by atoms with Crippen molar-refractivity contribution in [2.24, 2.45) is 16.7 Å². The maximum Gasteiger partial charge on any atom is 0.316 e. The highest BCUT2D eigenvalue weighted by Crippen LogP contribution is 2.46. The van der Waals surface area contributed by atoms with Crippen LogP contribution >= 0.6 is 0 Å². The molecule has 248 valence electrons. The molecule has 2 aromatic rings. The lowest BCUT2D eigenvalue weighted by Crippen LogP contribution is -2.48. The number of aliphatic hydroxyl groups excluding tert-OH is 4.